The molecule has 0 aromatic carbocycles. The summed E-state index contributed by atoms with van der Waals surface area (Å²) in [5.74, 6) is 0.771. The number of hydrogen-bond donors (Lipinski definition) is 2. The second-order valence-corrected chi connectivity index (χ2v) is 5.03. The highest BCUT2D eigenvalue weighted by molar-refractivity contribution is 4.90. The molecular formula is C12H26N2O. The number of β-amino-alcohol motifs (C(OH)–C–C–N with tert-alkyl or cyclic N) is 1. The van der Waals surface area contributed by atoms with E-state index in [0.29, 0.717) is 0 Å². The van der Waals surface area contributed by atoms with E-state index in [0.717, 1.165) is 38.5 Å². The molecule has 2 N–H and O–H groups in total. The number of likely N-dealkylation sites (N-methyl/N-ethyl adjacent to an activating group) is 1. The molecule has 0 saturated carbocycles. The summed E-state index contributed by atoms with van der Waals surface area (Å²) in [7, 11) is 2.12. The highest BCUT2D eigenvalue weighted by Gasteiger charge is 2.32. The van der Waals surface area contributed by atoms with Gasteiger partial charge in [-0.1, -0.05) is 26.7 Å². The molecule has 0 amide bonds. The third kappa shape index (κ3) is 4.09. The molecule has 0 aliphatic carbocycles. The van der Waals surface area contributed by atoms with Gasteiger partial charge in [-0.05, 0) is 25.9 Å². The maximum absolute atomic E-state index is 10.2. The van der Waals surface area contributed by atoms with Crippen molar-refractivity contribution < 1.29 is 5.11 Å². The third-order valence-corrected chi connectivity index (χ3v) is 3.51. The summed E-state index contributed by atoms with van der Waals surface area (Å²) in [6, 6.07) is 0. The molecule has 1 saturated heterocycles. The molecule has 1 heterocycles. The summed E-state index contributed by atoms with van der Waals surface area (Å²) in [4.78, 5) is 2.28. The molecular weight excluding hydrogens is 188 g/mol. The Bertz CT molecular complexity index is 174. The van der Waals surface area contributed by atoms with Crippen LogP contribution in [0, 0.1) is 5.92 Å². The molecule has 1 fully saturated rings. The van der Waals surface area contributed by atoms with E-state index in [9.17, 15) is 5.11 Å². The van der Waals surface area contributed by atoms with Gasteiger partial charge < -0.3 is 15.3 Å². The average molecular weight is 214 g/mol. The van der Waals surface area contributed by atoms with Crippen molar-refractivity contribution in [3.05, 3.63) is 0 Å². The first-order valence-electron chi connectivity index (χ1n) is 6.21. The predicted octanol–water partition coefficient (Wildman–Crippen LogP) is 1.08. The van der Waals surface area contributed by atoms with Crippen molar-refractivity contribution in [2.75, 3.05) is 33.2 Å². The average Bonchev–Trinajstić information content (AvgIpc) is 2.61. The standard InChI is InChI=1S/C12H26N2O/c1-4-11(5-2)8-14(3)10-12(15)6-7-13-9-12/h11,13,15H,4-10H2,1-3H3. The topological polar surface area (TPSA) is 35.5 Å². The first kappa shape index (κ1) is 12.9. The number of nitrogens with one attached hydrogen (secondary N) is 1. The summed E-state index contributed by atoms with van der Waals surface area (Å²) in [5.41, 5.74) is -0.485. The second-order valence-electron chi connectivity index (χ2n) is 5.03. The van der Waals surface area contributed by atoms with Crippen LogP contribution in [-0.4, -0.2) is 48.8 Å². The van der Waals surface area contributed by atoms with Gasteiger partial charge in [-0.3, -0.25) is 0 Å². The first-order valence-corrected chi connectivity index (χ1v) is 6.21. The fraction of sp³-hybridized carbons (Fsp3) is 1.00. The van der Waals surface area contributed by atoms with Gasteiger partial charge in [-0.15, -0.1) is 0 Å². The van der Waals surface area contributed by atoms with Gasteiger partial charge in [-0.2, -0.15) is 0 Å². The Balaban J connectivity index is 2.31. The molecule has 3 heteroatoms. The Labute approximate surface area is 93.9 Å². The molecule has 1 rings (SSSR count). The fourth-order valence-electron chi connectivity index (χ4n) is 2.42. The van der Waals surface area contributed by atoms with Crippen molar-refractivity contribution in [3.8, 4) is 0 Å². The van der Waals surface area contributed by atoms with E-state index in [2.05, 4.69) is 31.1 Å². The van der Waals surface area contributed by atoms with Crippen LogP contribution in [0.25, 0.3) is 0 Å². The lowest BCUT2D eigenvalue weighted by Crippen LogP contribution is -2.44. The summed E-state index contributed by atoms with van der Waals surface area (Å²) >= 11 is 0. The van der Waals surface area contributed by atoms with Crippen molar-refractivity contribution in [2.24, 2.45) is 5.92 Å². The Hall–Kier alpha value is -0.120. The van der Waals surface area contributed by atoms with Crippen LogP contribution in [0.5, 0.6) is 0 Å². The minimum Gasteiger partial charge on any atom is -0.387 e. The van der Waals surface area contributed by atoms with E-state index in [1.54, 1.807) is 0 Å². The van der Waals surface area contributed by atoms with Crippen LogP contribution in [0.4, 0.5) is 0 Å². The van der Waals surface area contributed by atoms with Gasteiger partial charge in [0.2, 0.25) is 0 Å². The lowest BCUT2D eigenvalue weighted by atomic mass is 10.00. The van der Waals surface area contributed by atoms with Crippen molar-refractivity contribution in [1.82, 2.24) is 10.2 Å². The largest absolute Gasteiger partial charge is 0.387 e. The minimum absolute atomic E-state index is 0.485. The van der Waals surface area contributed by atoms with Gasteiger partial charge in [-0.25, -0.2) is 0 Å². The van der Waals surface area contributed by atoms with E-state index in [1.165, 1.54) is 12.8 Å². The number of aliphatic hydroxyl groups is 1. The molecule has 1 atom stereocenters. The van der Waals surface area contributed by atoms with Crippen molar-refractivity contribution in [2.45, 2.75) is 38.7 Å². The Morgan fingerprint density at radius 1 is 1.40 bits per heavy atom. The van der Waals surface area contributed by atoms with E-state index >= 15 is 0 Å². The highest BCUT2D eigenvalue weighted by atomic mass is 16.3. The SMILES string of the molecule is CCC(CC)CN(C)CC1(O)CCNC1. The molecule has 3 nitrogen and oxygen atoms in total. The lowest BCUT2D eigenvalue weighted by Gasteiger charge is -2.30. The molecule has 0 spiro atoms. The van der Waals surface area contributed by atoms with Crippen LogP contribution in [0.15, 0.2) is 0 Å². The molecule has 0 bridgehead atoms. The molecule has 90 valence electrons. The van der Waals surface area contributed by atoms with Crippen LogP contribution >= 0.6 is 0 Å². The zero-order valence-corrected chi connectivity index (χ0v) is 10.4. The van der Waals surface area contributed by atoms with Gasteiger partial charge in [0, 0.05) is 19.6 Å². The zero-order valence-electron chi connectivity index (χ0n) is 10.4. The summed E-state index contributed by atoms with van der Waals surface area (Å²) in [5, 5.41) is 13.4. The monoisotopic (exact) mass is 214 g/mol. The molecule has 1 aliphatic heterocycles. The van der Waals surface area contributed by atoms with Crippen molar-refractivity contribution in [1.29, 1.82) is 0 Å². The van der Waals surface area contributed by atoms with E-state index in [-0.39, 0.29) is 0 Å². The van der Waals surface area contributed by atoms with E-state index in [4.69, 9.17) is 0 Å². The van der Waals surface area contributed by atoms with Gasteiger partial charge in [0.25, 0.3) is 0 Å². The second kappa shape index (κ2) is 5.83. The van der Waals surface area contributed by atoms with Crippen molar-refractivity contribution in [3.63, 3.8) is 0 Å². The van der Waals surface area contributed by atoms with Gasteiger partial charge >= 0.3 is 0 Å². The molecule has 0 aromatic heterocycles. The third-order valence-electron chi connectivity index (χ3n) is 3.51. The number of hydrogen-bond acceptors (Lipinski definition) is 3. The minimum atomic E-state index is -0.485. The number of rotatable bonds is 6. The van der Waals surface area contributed by atoms with Crippen molar-refractivity contribution >= 4 is 0 Å². The van der Waals surface area contributed by atoms with Crippen LogP contribution in [0.2, 0.25) is 0 Å². The van der Waals surface area contributed by atoms with Gasteiger partial charge in [0.05, 0.1) is 5.60 Å². The van der Waals surface area contributed by atoms with E-state index < -0.39 is 5.60 Å². The predicted molar refractivity (Wildman–Crippen MR) is 64.0 cm³/mol. The Morgan fingerprint density at radius 2 is 2.07 bits per heavy atom. The van der Waals surface area contributed by atoms with Gasteiger partial charge in [0.1, 0.15) is 0 Å². The Morgan fingerprint density at radius 3 is 2.53 bits per heavy atom. The zero-order chi connectivity index (χ0) is 11.3. The quantitative estimate of drug-likeness (QED) is 0.694. The summed E-state index contributed by atoms with van der Waals surface area (Å²) in [6.45, 7) is 8.10. The van der Waals surface area contributed by atoms with Crippen LogP contribution in [-0.2, 0) is 0 Å². The highest BCUT2D eigenvalue weighted by Crippen LogP contribution is 2.17. The summed E-state index contributed by atoms with van der Waals surface area (Å²) in [6.07, 6.45) is 3.36. The molecule has 1 unspecified atom stereocenters. The van der Waals surface area contributed by atoms with Crippen LogP contribution in [0.1, 0.15) is 33.1 Å². The lowest BCUT2D eigenvalue weighted by molar-refractivity contribution is 0.0242. The fourth-order valence-corrected chi connectivity index (χ4v) is 2.42. The molecule has 0 radical (unpaired) electrons. The summed E-state index contributed by atoms with van der Waals surface area (Å²) < 4.78 is 0. The normalized spacial score (nSPS) is 26.8. The van der Waals surface area contributed by atoms with Crippen LogP contribution < -0.4 is 5.32 Å². The van der Waals surface area contributed by atoms with Crippen LogP contribution in [0.3, 0.4) is 0 Å². The Kier molecular flexibility index (Phi) is 5.03. The maximum atomic E-state index is 10.2. The van der Waals surface area contributed by atoms with E-state index in [1.807, 2.05) is 0 Å². The molecule has 0 aromatic rings. The smallest absolute Gasteiger partial charge is 0.0909 e. The maximum Gasteiger partial charge on any atom is 0.0909 e. The first-order chi connectivity index (χ1) is 7.09. The molecule has 15 heavy (non-hydrogen) atoms. The molecule has 1 aliphatic rings. The number of nitrogens with zero attached hydrogens (tertiary/aromatic N) is 1. The van der Waals surface area contributed by atoms with Gasteiger partial charge in [0.15, 0.2) is 0 Å².